The highest BCUT2D eigenvalue weighted by molar-refractivity contribution is 14.0. The van der Waals surface area contributed by atoms with Crippen LogP contribution in [0.15, 0.2) is 17.1 Å². The minimum Gasteiger partial charge on any atom is -0.357 e. The number of aliphatic imine (C=N–C) groups is 1. The number of hydrogen-bond donors (Lipinski definition) is 2. The number of hydrogen-bond acceptors (Lipinski definition) is 4. The first kappa shape index (κ1) is 24.1. The second-order valence-corrected chi connectivity index (χ2v) is 9.35. The van der Waals surface area contributed by atoms with E-state index in [0.717, 1.165) is 25.5 Å². The molecule has 1 saturated heterocycles. The van der Waals surface area contributed by atoms with Crippen molar-refractivity contribution in [2.24, 2.45) is 34.1 Å². The summed E-state index contributed by atoms with van der Waals surface area (Å²) >= 11 is 0. The van der Waals surface area contributed by atoms with Crippen molar-refractivity contribution in [2.45, 2.75) is 27.2 Å². The van der Waals surface area contributed by atoms with E-state index in [1.807, 2.05) is 6.92 Å². The zero-order valence-corrected chi connectivity index (χ0v) is 20.6. The van der Waals surface area contributed by atoms with E-state index in [1.165, 1.54) is 4.90 Å². The zero-order chi connectivity index (χ0) is 20.5. The molecule has 1 saturated carbocycles. The lowest BCUT2D eigenvalue weighted by Gasteiger charge is -2.27. The molecule has 8 heteroatoms. The molecule has 4 atom stereocenters. The number of nitrogens with one attached hydrogen (secondary N) is 2. The smallest absolute Gasteiger partial charge is 0.233 e. The van der Waals surface area contributed by atoms with Gasteiger partial charge in [0.05, 0.1) is 11.8 Å². The quantitative estimate of drug-likeness (QED) is 0.168. The number of rotatable bonds is 8. The normalized spacial score (nSPS) is 28.2. The lowest BCUT2D eigenvalue weighted by molar-refractivity contribution is -0.140. The summed E-state index contributed by atoms with van der Waals surface area (Å²) in [6.45, 7) is 9.74. The van der Waals surface area contributed by atoms with E-state index in [-0.39, 0.29) is 64.9 Å². The van der Waals surface area contributed by atoms with Crippen LogP contribution in [0.4, 0.5) is 0 Å². The van der Waals surface area contributed by atoms with Crippen LogP contribution in [0.1, 0.15) is 27.2 Å². The Morgan fingerprint density at radius 3 is 2.28 bits per heavy atom. The summed E-state index contributed by atoms with van der Waals surface area (Å²) in [5.41, 5.74) is 0.0659. The molecular weight excluding hydrogens is 481 g/mol. The molecule has 2 aliphatic carbocycles. The van der Waals surface area contributed by atoms with Crippen LogP contribution in [0.2, 0.25) is 0 Å². The first-order valence-electron chi connectivity index (χ1n) is 10.4. The molecule has 3 rings (SSSR count). The summed E-state index contributed by atoms with van der Waals surface area (Å²) in [5.74, 6) is 1.07. The summed E-state index contributed by atoms with van der Waals surface area (Å²) in [5, 5.41) is 6.53. The third kappa shape index (κ3) is 5.31. The molecule has 1 heterocycles. The minimum absolute atomic E-state index is 0. The average molecular weight is 517 g/mol. The van der Waals surface area contributed by atoms with Crippen LogP contribution in [0.5, 0.6) is 0 Å². The maximum atomic E-state index is 12.7. The standard InChI is InChI=1S/C21H35N5O2.HI/c1-6-22-20(24-12-21(2,3)13-25(4)5)23-9-10-26-18(27)16-14-7-8-15(11-14)17(16)19(26)28;/h7-8,14-17H,6,9-13H2,1-5H3,(H2,22,23,24);1H. The molecular formula is C21H36IN5O2. The van der Waals surface area contributed by atoms with Crippen LogP contribution in [0, 0.1) is 29.1 Å². The van der Waals surface area contributed by atoms with Gasteiger partial charge in [-0.2, -0.15) is 0 Å². The van der Waals surface area contributed by atoms with Gasteiger partial charge in [-0.05, 0) is 44.7 Å². The number of likely N-dealkylation sites (tertiary alicyclic amines) is 1. The van der Waals surface area contributed by atoms with E-state index < -0.39 is 0 Å². The number of allylic oxidation sites excluding steroid dienone is 2. The number of carbonyl (C=O) groups is 2. The molecule has 164 valence electrons. The molecule has 0 radical (unpaired) electrons. The molecule has 1 aliphatic heterocycles. The molecule has 0 spiro atoms. The summed E-state index contributed by atoms with van der Waals surface area (Å²) in [4.78, 5) is 33.8. The lowest BCUT2D eigenvalue weighted by Crippen LogP contribution is -2.44. The van der Waals surface area contributed by atoms with Gasteiger partial charge in [-0.25, -0.2) is 0 Å². The van der Waals surface area contributed by atoms with Crippen molar-refractivity contribution in [1.82, 2.24) is 20.4 Å². The summed E-state index contributed by atoms with van der Waals surface area (Å²) in [7, 11) is 4.13. The van der Waals surface area contributed by atoms with Crippen molar-refractivity contribution < 1.29 is 9.59 Å². The Hall–Kier alpha value is -1.16. The molecule has 0 aromatic rings. The van der Waals surface area contributed by atoms with Crippen molar-refractivity contribution in [2.75, 3.05) is 46.8 Å². The Balaban J connectivity index is 0.00000300. The highest BCUT2D eigenvalue weighted by Crippen LogP contribution is 2.52. The highest BCUT2D eigenvalue weighted by Gasteiger charge is 2.58. The van der Waals surface area contributed by atoms with Gasteiger partial charge in [0.2, 0.25) is 11.8 Å². The van der Waals surface area contributed by atoms with Crippen molar-refractivity contribution in [3.63, 3.8) is 0 Å². The number of imide groups is 1. The van der Waals surface area contributed by atoms with Crippen molar-refractivity contribution in [3.05, 3.63) is 12.2 Å². The number of amides is 2. The Morgan fingerprint density at radius 1 is 1.17 bits per heavy atom. The zero-order valence-electron chi connectivity index (χ0n) is 18.3. The Labute approximate surface area is 191 Å². The van der Waals surface area contributed by atoms with E-state index in [1.54, 1.807) is 0 Å². The van der Waals surface area contributed by atoms with Gasteiger partial charge >= 0.3 is 0 Å². The number of halogens is 1. The second kappa shape index (κ2) is 9.76. The number of fused-ring (bicyclic) bond motifs is 5. The SMILES string of the molecule is CCNC(=NCC(C)(C)CN(C)C)NCCN1C(=O)C2C3C=CC(C3)C2C1=O.I. The Bertz CT molecular complexity index is 646. The van der Waals surface area contributed by atoms with E-state index in [2.05, 4.69) is 55.6 Å². The summed E-state index contributed by atoms with van der Waals surface area (Å²) in [6.07, 6.45) is 5.23. The molecule has 2 bridgehead atoms. The van der Waals surface area contributed by atoms with Gasteiger partial charge in [0.15, 0.2) is 5.96 Å². The van der Waals surface area contributed by atoms with Gasteiger partial charge < -0.3 is 15.5 Å². The van der Waals surface area contributed by atoms with Gasteiger partial charge in [0.1, 0.15) is 0 Å². The minimum atomic E-state index is -0.115. The van der Waals surface area contributed by atoms with Gasteiger partial charge in [0.25, 0.3) is 0 Å². The van der Waals surface area contributed by atoms with Crippen LogP contribution in [0.3, 0.4) is 0 Å². The first-order chi connectivity index (χ1) is 13.2. The molecule has 29 heavy (non-hydrogen) atoms. The average Bonchev–Trinajstić information content (AvgIpc) is 3.28. The summed E-state index contributed by atoms with van der Waals surface area (Å²) < 4.78 is 0. The summed E-state index contributed by atoms with van der Waals surface area (Å²) in [6, 6.07) is 0. The fourth-order valence-corrected chi connectivity index (χ4v) is 5.01. The van der Waals surface area contributed by atoms with E-state index >= 15 is 0 Å². The van der Waals surface area contributed by atoms with Crippen LogP contribution in [-0.4, -0.2) is 74.4 Å². The molecule has 2 fully saturated rings. The molecule has 0 aromatic carbocycles. The van der Waals surface area contributed by atoms with Crippen LogP contribution < -0.4 is 10.6 Å². The van der Waals surface area contributed by atoms with Gasteiger partial charge in [0, 0.05) is 32.7 Å². The topological polar surface area (TPSA) is 77.0 Å². The predicted molar refractivity (Wildman–Crippen MR) is 126 cm³/mol. The van der Waals surface area contributed by atoms with Crippen molar-refractivity contribution in [3.8, 4) is 0 Å². The van der Waals surface area contributed by atoms with E-state index in [9.17, 15) is 9.59 Å². The number of guanidine groups is 1. The molecule has 7 nitrogen and oxygen atoms in total. The fourth-order valence-electron chi connectivity index (χ4n) is 5.01. The monoisotopic (exact) mass is 517 g/mol. The maximum absolute atomic E-state index is 12.7. The molecule has 3 aliphatic rings. The largest absolute Gasteiger partial charge is 0.357 e. The first-order valence-corrected chi connectivity index (χ1v) is 10.4. The van der Waals surface area contributed by atoms with Gasteiger partial charge in [-0.3, -0.25) is 19.5 Å². The van der Waals surface area contributed by atoms with Crippen LogP contribution in [0.25, 0.3) is 0 Å². The molecule has 2 N–H and O–H groups in total. The van der Waals surface area contributed by atoms with Gasteiger partial charge in [-0.15, -0.1) is 24.0 Å². The van der Waals surface area contributed by atoms with Crippen molar-refractivity contribution in [1.29, 1.82) is 0 Å². The fraction of sp³-hybridized carbons (Fsp3) is 0.762. The molecule has 2 amide bonds. The maximum Gasteiger partial charge on any atom is 0.233 e. The van der Waals surface area contributed by atoms with E-state index in [0.29, 0.717) is 19.6 Å². The van der Waals surface area contributed by atoms with Crippen molar-refractivity contribution >= 4 is 41.8 Å². The highest BCUT2D eigenvalue weighted by atomic mass is 127. The van der Waals surface area contributed by atoms with Crippen LogP contribution >= 0.6 is 24.0 Å². The van der Waals surface area contributed by atoms with Gasteiger partial charge in [-0.1, -0.05) is 26.0 Å². The lowest BCUT2D eigenvalue weighted by atomic mass is 9.85. The predicted octanol–water partition coefficient (Wildman–Crippen LogP) is 1.55. The van der Waals surface area contributed by atoms with E-state index in [4.69, 9.17) is 4.99 Å². The Morgan fingerprint density at radius 2 is 1.76 bits per heavy atom. The number of nitrogens with zero attached hydrogens (tertiary/aromatic N) is 3. The molecule has 0 aromatic heterocycles. The van der Waals surface area contributed by atoms with Crippen LogP contribution in [-0.2, 0) is 9.59 Å². The third-order valence-electron chi connectivity index (χ3n) is 5.94. The number of carbonyl (C=O) groups excluding carboxylic acids is 2. The third-order valence-corrected chi connectivity index (χ3v) is 5.94. The Kier molecular flexibility index (Phi) is 8.12. The molecule has 4 unspecified atom stereocenters. The second-order valence-electron chi connectivity index (χ2n) is 9.35.